The Morgan fingerprint density at radius 2 is 1.68 bits per heavy atom. The lowest BCUT2D eigenvalue weighted by molar-refractivity contribution is -0.107. The maximum absolute atomic E-state index is 13.3. The van der Waals surface area contributed by atoms with Gasteiger partial charge in [-0.1, -0.05) is 58.0 Å². The van der Waals surface area contributed by atoms with Crippen molar-refractivity contribution in [2.75, 3.05) is 0 Å². The van der Waals surface area contributed by atoms with E-state index in [9.17, 15) is 14.0 Å². The Balaban J connectivity index is 0.000000970. The van der Waals surface area contributed by atoms with Crippen LogP contribution in [0.3, 0.4) is 0 Å². The first kappa shape index (κ1) is 26.9. The van der Waals surface area contributed by atoms with E-state index in [1.54, 1.807) is 24.5 Å². The van der Waals surface area contributed by atoms with E-state index in [2.05, 4.69) is 21.9 Å². The van der Waals surface area contributed by atoms with Crippen LogP contribution in [-0.4, -0.2) is 20.6 Å². The summed E-state index contributed by atoms with van der Waals surface area (Å²) in [5.41, 5.74) is 3.03. The fourth-order valence-corrected chi connectivity index (χ4v) is 4.80. The number of aryl methyl sites for hydroxylation is 1. The number of carbonyl (C=O) groups is 1. The van der Waals surface area contributed by atoms with Crippen LogP contribution >= 0.6 is 7.69 Å². The minimum absolute atomic E-state index is 0.296. The molecule has 2 heterocycles. The third-order valence-electron chi connectivity index (χ3n) is 4.67. The smallest absolute Gasteiger partial charge is 0.281 e. The van der Waals surface area contributed by atoms with E-state index < -0.39 is 7.69 Å². The summed E-state index contributed by atoms with van der Waals surface area (Å²) in [6.07, 6.45) is 5.67. The minimum Gasteiger partial charge on any atom is -0.303 e. The molecule has 0 N–H and O–H groups in total. The van der Waals surface area contributed by atoms with Crippen LogP contribution in [0.1, 0.15) is 45.4 Å². The van der Waals surface area contributed by atoms with Gasteiger partial charge in [-0.3, -0.25) is 9.36 Å². The number of halogens is 1. The van der Waals surface area contributed by atoms with Crippen LogP contribution in [0.15, 0.2) is 77.6 Å². The average Bonchev–Trinajstić information content (AvgIpc) is 3.35. The molecule has 0 spiro atoms. The van der Waals surface area contributed by atoms with Gasteiger partial charge in [0.05, 0.1) is 5.69 Å². The van der Waals surface area contributed by atoms with Gasteiger partial charge in [-0.15, -0.1) is 0 Å². The Kier molecular flexibility index (Phi) is 11.1. The second-order valence-electron chi connectivity index (χ2n) is 6.85. The molecule has 0 radical (unpaired) electrons. The topological polar surface area (TPSA) is 64.8 Å². The summed E-state index contributed by atoms with van der Waals surface area (Å²) in [7, 11) is -0.772. The molecule has 5 nitrogen and oxygen atoms in total. The van der Waals surface area contributed by atoms with Gasteiger partial charge >= 0.3 is 0 Å². The predicted octanol–water partition coefficient (Wildman–Crippen LogP) is 6.65. The Bertz CT molecular complexity index is 1220. The molecule has 7 heteroatoms. The maximum Gasteiger partial charge on any atom is 0.281 e. The lowest BCUT2D eigenvalue weighted by atomic mass is 10.2. The number of nitrogens with zero attached hydrogens (tertiary/aromatic N) is 3. The summed E-state index contributed by atoms with van der Waals surface area (Å²) in [6, 6.07) is 15.8. The second-order valence-corrected chi connectivity index (χ2v) is 8.53. The standard InChI is InChI=1S/C23H19FN3O2P.2C2H6/c24-19-8-10-21(11-9-19)27-14-20(7-4-12-28)26-22(23(27)29)18-13-25-30(16-18)15-17-5-2-1-3-6-17;2*1-2/h1-3,5-6,8-14,16H,4,7,15H2;2*1-2H3. The molecular formula is C27H31FN3O2P. The Morgan fingerprint density at radius 3 is 2.32 bits per heavy atom. The van der Waals surface area contributed by atoms with Crippen molar-refractivity contribution in [3.63, 3.8) is 0 Å². The molecule has 0 saturated heterocycles. The third kappa shape index (κ3) is 7.06. The number of hydrogen-bond donors (Lipinski definition) is 0. The highest BCUT2D eigenvalue weighted by atomic mass is 31.1. The van der Waals surface area contributed by atoms with Crippen LogP contribution in [0.2, 0.25) is 0 Å². The quantitative estimate of drug-likeness (QED) is 0.278. The van der Waals surface area contributed by atoms with E-state index in [0.717, 1.165) is 12.4 Å². The summed E-state index contributed by atoms with van der Waals surface area (Å²) < 4.78 is 19.4. The highest BCUT2D eigenvalue weighted by molar-refractivity contribution is 7.44. The highest BCUT2D eigenvalue weighted by Gasteiger charge is 2.14. The van der Waals surface area contributed by atoms with Crippen molar-refractivity contribution in [2.24, 2.45) is 0 Å². The third-order valence-corrected chi connectivity index (χ3v) is 6.35. The van der Waals surface area contributed by atoms with E-state index in [4.69, 9.17) is 0 Å². The molecule has 178 valence electrons. The Morgan fingerprint density at radius 1 is 1.00 bits per heavy atom. The van der Waals surface area contributed by atoms with Crippen LogP contribution in [-0.2, 0) is 17.4 Å². The van der Waals surface area contributed by atoms with Crippen molar-refractivity contribution in [1.29, 1.82) is 0 Å². The van der Waals surface area contributed by atoms with Crippen molar-refractivity contribution in [3.8, 4) is 16.9 Å². The monoisotopic (exact) mass is 479 g/mol. The van der Waals surface area contributed by atoms with Crippen LogP contribution in [0.25, 0.3) is 16.9 Å². The van der Waals surface area contributed by atoms with Gasteiger partial charge in [0.1, 0.15) is 17.8 Å². The van der Waals surface area contributed by atoms with Crippen molar-refractivity contribution in [3.05, 3.63) is 100 Å². The van der Waals surface area contributed by atoms with Gasteiger partial charge in [0.2, 0.25) is 0 Å². The summed E-state index contributed by atoms with van der Waals surface area (Å²) in [4.78, 5) is 28.5. The van der Waals surface area contributed by atoms with E-state index in [0.29, 0.717) is 35.5 Å². The molecule has 0 saturated carbocycles. The molecule has 2 aromatic carbocycles. The second kappa shape index (κ2) is 14.0. The van der Waals surface area contributed by atoms with E-state index in [1.807, 2.05) is 51.7 Å². The summed E-state index contributed by atoms with van der Waals surface area (Å²) >= 11 is 0. The molecule has 0 fully saturated rings. The molecule has 0 aliphatic heterocycles. The summed E-state index contributed by atoms with van der Waals surface area (Å²) in [6.45, 7) is 8.00. The van der Waals surface area contributed by atoms with Gasteiger partial charge in [-0.25, -0.2) is 14.1 Å². The van der Waals surface area contributed by atoms with E-state index in [-0.39, 0.29) is 11.4 Å². The first-order valence-corrected chi connectivity index (χ1v) is 13.1. The van der Waals surface area contributed by atoms with Crippen molar-refractivity contribution >= 4 is 14.0 Å². The SMILES string of the molecule is CC.CC.O=CCCc1cn(-c2ccc(F)cc2)c(=O)c(-c2cnp(Cc3ccccc3)c2)n1. The molecule has 4 rings (SSSR count). The van der Waals surface area contributed by atoms with E-state index in [1.165, 1.54) is 22.3 Å². The van der Waals surface area contributed by atoms with Gasteiger partial charge in [0.25, 0.3) is 5.56 Å². The molecule has 1 atom stereocenters. The van der Waals surface area contributed by atoms with Gasteiger partial charge in [-0.05, 0) is 49.7 Å². The zero-order valence-corrected chi connectivity index (χ0v) is 21.0. The van der Waals surface area contributed by atoms with Gasteiger partial charge in [-0.2, -0.15) is 0 Å². The number of benzene rings is 2. The predicted molar refractivity (Wildman–Crippen MR) is 138 cm³/mol. The fourth-order valence-electron chi connectivity index (χ4n) is 3.19. The molecule has 0 amide bonds. The fraction of sp³-hybridized carbons (Fsp3) is 0.259. The Labute approximate surface area is 201 Å². The van der Waals surface area contributed by atoms with Crippen LogP contribution in [0.5, 0.6) is 0 Å². The maximum atomic E-state index is 13.3. The molecule has 1 unspecified atom stereocenters. The Hall–Kier alpha value is -3.37. The first-order chi connectivity index (χ1) is 16.6. The van der Waals surface area contributed by atoms with Crippen LogP contribution in [0, 0.1) is 5.82 Å². The van der Waals surface area contributed by atoms with Gasteiger partial charge < -0.3 is 4.79 Å². The molecule has 34 heavy (non-hydrogen) atoms. The molecule has 0 aliphatic carbocycles. The van der Waals surface area contributed by atoms with Gasteiger partial charge in [0, 0.05) is 36.2 Å². The molecule has 0 bridgehead atoms. The number of aromatic nitrogens is 3. The van der Waals surface area contributed by atoms with Crippen molar-refractivity contribution in [2.45, 2.75) is 46.7 Å². The molecule has 0 aliphatic rings. The molecular weight excluding hydrogens is 448 g/mol. The summed E-state index contributed by atoms with van der Waals surface area (Å²) in [5.74, 6) is 1.63. The molecule has 2 aromatic heterocycles. The van der Waals surface area contributed by atoms with Gasteiger partial charge in [0.15, 0.2) is 0 Å². The van der Waals surface area contributed by atoms with Crippen molar-refractivity contribution < 1.29 is 9.18 Å². The largest absolute Gasteiger partial charge is 0.303 e. The molecule has 4 aromatic rings. The lowest BCUT2D eigenvalue weighted by Crippen LogP contribution is -2.22. The number of rotatable bonds is 7. The van der Waals surface area contributed by atoms with Crippen LogP contribution in [0.4, 0.5) is 4.39 Å². The summed E-state index contributed by atoms with van der Waals surface area (Å²) in [5, 5.41) is 0. The first-order valence-electron chi connectivity index (χ1n) is 11.5. The minimum atomic E-state index is -0.772. The number of aldehydes is 1. The van der Waals surface area contributed by atoms with Crippen LogP contribution < -0.4 is 5.56 Å². The average molecular weight is 480 g/mol. The number of carbonyl (C=O) groups excluding carboxylic acids is 1. The normalized spacial score (nSPS) is 10.4. The highest BCUT2D eigenvalue weighted by Crippen LogP contribution is 2.33. The zero-order chi connectivity index (χ0) is 24.9. The number of hydrogen-bond acceptors (Lipinski definition) is 4. The lowest BCUT2D eigenvalue weighted by Gasteiger charge is -2.10. The zero-order valence-electron chi connectivity index (χ0n) is 20.1. The van der Waals surface area contributed by atoms with Crippen molar-refractivity contribution in [1.82, 2.24) is 14.3 Å². The van der Waals surface area contributed by atoms with E-state index >= 15 is 0 Å².